The Bertz CT molecular complexity index is 358. The van der Waals surface area contributed by atoms with Gasteiger partial charge in [0.05, 0.1) is 28.2 Å². The smallest absolute Gasteiger partial charge is 0.0825 e. The van der Waals surface area contributed by atoms with Crippen LogP contribution in [0.2, 0.25) is 10.0 Å². The summed E-state index contributed by atoms with van der Waals surface area (Å²) in [7, 11) is 1.88. The lowest BCUT2D eigenvalue weighted by atomic mass is 10.3. The minimum absolute atomic E-state index is 0.472. The first kappa shape index (κ1) is 11.2. The second-order valence-electron chi connectivity index (χ2n) is 2.90. The summed E-state index contributed by atoms with van der Waals surface area (Å²) in [4.78, 5) is 1.91. The molecule has 0 bridgehead atoms. The highest BCUT2D eigenvalue weighted by Gasteiger charge is 2.07. The zero-order valence-corrected chi connectivity index (χ0v) is 9.31. The Hall–Kier alpha value is -0.910. The van der Waals surface area contributed by atoms with Crippen molar-refractivity contribution in [2.24, 2.45) is 0 Å². The molecule has 0 unspecified atom stereocenters. The summed E-state index contributed by atoms with van der Waals surface area (Å²) >= 11 is 11.9. The summed E-state index contributed by atoms with van der Waals surface area (Å²) in [6.45, 7) is 0.649. The Balaban J connectivity index is 2.85. The summed E-state index contributed by atoms with van der Waals surface area (Å²) in [6, 6.07) is 7.55. The number of benzene rings is 1. The average Bonchev–Trinajstić information content (AvgIpc) is 2.18. The molecule has 0 saturated carbocycles. The number of halogens is 2. The molecule has 0 fully saturated rings. The molecule has 2 nitrogen and oxygen atoms in total. The monoisotopic (exact) mass is 228 g/mol. The molecule has 0 spiro atoms. The van der Waals surface area contributed by atoms with Crippen molar-refractivity contribution in [3.63, 3.8) is 0 Å². The van der Waals surface area contributed by atoms with Gasteiger partial charge in [-0.1, -0.05) is 29.3 Å². The van der Waals surface area contributed by atoms with Gasteiger partial charge >= 0.3 is 0 Å². The summed E-state index contributed by atoms with van der Waals surface area (Å²) in [5.74, 6) is 0. The molecule has 0 aromatic heterocycles. The standard InChI is InChI=1S/C10H10Cl2N2/c1-14(7-3-6-13)9-5-2-4-8(11)10(9)12/h2,4-5H,3,7H2,1H3. The van der Waals surface area contributed by atoms with E-state index in [2.05, 4.69) is 6.07 Å². The quantitative estimate of drug-likeness (QED) is 0.794. The fourth-order valence-electron chi connectivity index (χ4n) is 1.13. The van der Waals surface area contributed by atoms with Gasteiger partial charge in [-0.3, -0.25) is 0 Å². The second-order valence-corrected chi connectivity index (χ2v) is 3.69. The van der Waals surface area contributed by atoms with E-state index in [4.69, 9.17) is 28.5 Å². The summed E-state index contributed by atoms with van der Waals surface area (Å²) in [5.41, 5.74) is 0.856. The predicted molar refractivity (Wildman–Crippen MR) is 60.0 cm³/mol. The van der Waals surface area contributed by atoms with Gasteiger partial charge in [0.25, 0.3) is 0 Å². The lowest BCUT2D eigenvalue weighted by Gasteiger charge is -2.19. The molecule has 0 saturated heterocycles. The van der Waals surface area contributed by atoms with Crippen LogP contribution >= 0.6 is 23.2 Å². The molecule has 0 N–H and O–H groups in total. The van der Waals surface area contributed by atoms with Gasteiger partial charge in [-0.25, -0.2) is 0 Å². The Morgan fingerprint density at radius 3 is 2.79 bits per heavy atom. The zero-order chi connectivity index (χ0) is 10.6. The summed E-state index contributed by atoms with van der Waals surface area (Å²) < 4.78 is 0. The number of hydrogen-bond acceptors (Lipinski definition) is 2. The van der Waals surface area contributed by atoms with Crippen molar-refractivity contribution in [3.8, 4) is 6.07 Å². The minimum Gasteiger partial charge on any atom is -0.372 e. The number of nitriles is 1. The van der Waals surface area contributed by atoms with E-state index in [1.54, 1.807) is 6.07 Å². The highest BCUT2D eigenvalue weighted by Crippen LogP contribution is 2.31. The first-order chi connectivity index (χ1) is 6.66. The van der Waals surface area contributed by atoms with Crippen LogP contribution in [0, 0.1) is 11.3 Å². The number of nitrogens with zero attached hydrogens (tertiary/aromatic N) is 2. The molecule has 0 heterocycles. The van der Waals surface area contributed by atoms with Crippen molar-refractivity contribution in [2.45, 2.75) is 6.42 Å². The molecule has 1 aromatic carbocycles. The predicted octanol–water partition coefficient (Wildman–Crippen LogP) is 3.34. The molecule has 0 aliphatic carbocycles. The summed E-state index contributed by atoms with van der Waals surface area (Å²) in [5, 5.41) is 9.52. The fraction of sp³-hybridized carbons (Fsp3) is 0.300. The molecule has 1 rings (SSSR count). The molecule has 74 valence electrons. The lowest BCUT2D eigenvalue weighted by molar-refractivity contribution is 0.905. The van der Waals surface area contributed by atoms with E-state index in [9.17, 15) is 0 Å². The van der Waals surface area contributed by atoms with Gasteiger partial charge in [0.2, 0.25) is 0 Å². The SMILES string of the molecule is CN(CCC#N)c1cccc(Cl)c1Cl. The molecule has 0 aliphatic heterocycles. The van der Waals surface area contributed by atoms with Gasteiger partial charge in [-0.05, 0) is 12.1 Å². The van der Waals surface area contributed by atoms with E-state index in [1.165, 1.54) is 0 Å². The van der Waals surface area contributed by atoms with Crippen molar-refractivity contribution >= 4 is 28.9 Å². The Kier molecular flexibility index (Phi) is 4.06. The van der Waals surface area contributed by atoms with Gasteiger partial charge in [0.15, 0.2) is 0 Å². The molecule has 4 heteroatoms. The maximum absolute atomic E-state index is 8.45. The van der Waals surface area contributed by atoms with E-state index >= 15 is 0 Å². The van der Waals surface area contributed by atoms with Crippen LogP contribution < -0.4 is 4.90 Å². The molecule has 0 radical (unpaired) electrons. The third kappa shape index (κ3) is 2.54. The molecule has 0 aliphatic rings. The Morgan fingerprint density at radius 1 is 1.43 bits per heavy atom. The first-order valence-corrected chi connectivity index (χ1v) is 4.94. The van der Waals surface area contributed by atoms with Crippen molar-refractivity contribution in [1.29, 1.82) is 5.26 Å². The van der Waals surface area contributed by atoms with Crippen molar-refractivity contribution in [3.05, 3.63) is 28.2 Å². The zero-order valence-electron chi connectivity index (χ0n) is 7.80. The number of hydrogen-bond donors (Lipinski definition) is 0. The van der Waals surface area contributed by atoms with Crippen molar-refractivity contribution < 1.29 is 0 Å². The average molecular weight is 229 g/mol. The number of anilines is 1. The van der Waals surface area contributed by atoms with Gasteiger partial charge < -0.3 is 4.90 Å². The molecule has 1 aromatic rings. The normalized spacial score (nSPS) is 9.57. The summed E-state index contributed by atoms with van der Waals surface area (Å²) in [6.07, 6.45) is 0.472. The highest BCUT2D eigenvalue weighted by molar-refractivity contribution is 6.43. The third-order valence-electron chi connectivity index (χ3n) is 1.90. The molecule has 0 amide bonds. The van der Waals surface area contributed by atoms with Crippen molar-refractivity contribution in [2.75, 3.05) is 18.5 Å². The molecule has 14 heavy (non-hydrogen) atoms. The molecular formula is C10H10Cl2N2. The van der Waals surface area contributed by atoms with E-state index in [-0.39, 0.29) is 0 Å². The third-order valence-corrected chi connectivity index (χ3v) is 2.71. The van der Waals surface area contributed by atoms with Gasteiger partial charge in [-0.15, -0.1) is 0 Å². The van der Waals surface area contributed by atoms with Crippen LogP contribution in [0.15, 0.2) is 18.2 Å². The van der Waals surface area contributed by atoms with Crippen LogP contribution in [-0.4, -0.2) is 13.6 Å². The fourth-order valence-corrected chi connectivity index (χ4v) is 1.57. The van der Waals surface area contributed by atoms with E-state index in [0.29, 0.717) is 23.0 Å². The largest absolute Gasteiger partial charge is 0.372 e. The lowest BCUT2D eigenvalue weighted by Crippen LogP contribution is -2.18. The van der Waals surface area contributed by atoms with Crippen LogP contribution in [0.25, 0.3) is 0 Å². The van der Waals surface area contributed by atoms with Crippen LogP contribution in [0.4, 0.5) is 5.69 Å². The number of rotatable bonds is 3. The van der Waals surface area contributed by atoms with Gasteiger partial charge in [0, 0.05) is 13.6 Å². The van der Waals surface area contributed by atoms with Crippen LogP contribution in [0.5, 0.6) is 0 Å². The van der Waals surface area contributed by atoms with Crippen LogP contribution in [-0.2, 0) is 0 Å². The van der Waals surface area contributed by atoms with E-state index in [0.717, 1.165) is 5.69 Å². The second kappa shape index (κ2) is 5.09. The van der Waals surface area contributed by atoms with Gasteiger partial charge in [0.1, 0.15) is 0 Å². The topological polar surface area (TPSA) is 27.0 Å². The molecule has 0 atom stereocenters. The maximum Gasteiger partial charge on any atom is 0.0825 e. The Morgan fingerprint density at radius 2 is 2.14 bits per heavy atom. The Labute approximate surface area is 93.7 Å². The van der Waals surface area contributed by atoms with Crippen LogP contribution in [0.1, 0.15) is 6.42 Å². The maximum atomic E-state index is 8.45. The highest BCUT2D eigenvalue weighted by atomic mass is 35.5. The minimum atomic E-state index is 0.472. The van der Waals surface area contributed by atoms with Crippen molar-refractivity contribution in [1.82, 2.24) is 0 Å². The first-order valence-electron chi connectivity index (χ1n) is 4.19. The van der Waals surface area contributed by atoms with Gasteiger partial charge in [-0.2, -0.15) is 5.26 Å². The van der Waals surface area contributed by atoms with E-state index in [1.807, 2.05) is 24.1 Å². The molecular weight excluding hydrogens is 219 g/mol. The van der Waals surface area contributed by atoms with E-state index < -0.39 is 0 Å². The van der Waals surface area contributed by atoms with Crippen LogP contribution in [0.3, 0.4) is 0 Å².